The van der Waals surface area contributed by atoms with Gasteiger partial charge in [0.05, 0.1) is 25.3 Å². The standard InChI is InChI=1S/C16H24N4O6S/c1-9(2)3-11(16(26)18-6-15(24)25)20-13(23)5-17-12(22)4-10-8-27-14(7-21)19-10/h8-9,11,21H,3-7H2,1-2H3,(H,17,22)(H,18,26)(H,20,23)(H,24,25)/t11-/m0/s1. The zero-order valence-electron chi connectivity index (χ0n) is 15.2. The van der Waals surface area contributed by atoms with Gasteiger partial charge in [-0.05, 0) is 12.3 Å². The van der Waals surface area contributed by atoms with E-state index in [0.29, 0.717) is 17.1 Å². The third-order valence-corrected chi connectivity index (χ3v) is 4.18. The molecule has 11 heteroatoms. The van der Waals surface area contributed by atoms with Crippen LogP contribution in [-0.4, -0.2) is 58.0 Å². The van der Waals surface area contributed by atoms with Crippen molar-refractivity contribution >= 4 is 35.0 Å². The number of aliphatic hydroxyl groups is 1. The second-order valence-corrected chi connectivity index (χ2v) is 7.15. The summed E-state index contributed by atoms with van der Waals surface area (Å²) in [5.41, 5.74) is 0.493. The van der Waals surface area contributed by atoms with Crippen molar-refractivity contribution < 1.29 is 29.4 Å². The monoisotopic (exact) mass is 400 g/mol. The number of hydrogen-bond acceptors (Lipinski definition) is 7. The quantitative estimate of drug-likeness (QED) is 0.319. The van der Waals surface area contributed by atoms with Gasteiger partial charge in [0.15, 0.2) is 0 Å². The molecule has 27 heavy (non-hydrogen) atoms. The summed E-state index contributed by atoms with van der Waals surface area (Å²) in [7, 11) is 0. The number of hydrogen-bond donors (Lipinski definition) is 5. The lowest BCUT2D eigenvalue weighted by Gasteiger charge is -2.19. The first-order valence-electron chi connectivity index (χ1n) is 8.31. The van der Waals surface area contributed by atoms with Gasteiger partial charge in [-0.3, -0.25) is 19.2 Å². The smallest absolute Gasteiger partial charge is 0.322 e. The molecular formula is C16H24N4O6S. The summed E-state index contributed by atoms with van der Waals surface area (Å²) >= 11 is 1.23. The molecule has 10 nitrogen and oxygen atoms in total. The molecule has 0 saturated carbocycles. The van der Waals surface area contributed by atoms with E-state index in [1.807, 2.05) is 13.8 Å². The van der Waals surface area contributed by atoms with Gasteiger partial charge in [0, 0.05) is 5.38 Å². The lowest BCUT2D eigenvalue weighted by molar-refractivity contribution is -0.138. The van der Waals surface area contributed by atoms with Crippen LogP contribution in [0.1, 0.15) is 31.0 Å². The van der Waals surface area contributed by atoms with E-state index in [0.717, 1.165) is 0 Å². The number of carbonyl (C=O) groups excluding carboxylic acids is 3. The topological polar surface area (TPSA) is 158 Å². The highest BCUT2D eigenvalue weighted by Gasteiger charge is 2.22. The summed E-state index contributed by atoms with van der Waals surface area (Å²) in [6.45, 7) is 2.66. The Morgan fingerprint density at radius 2 is 1.85 bits per heavy atom. The van der Waals surface area contributed by atoms with Crippen molar-refractivity contribution in [2.75, 3.05) is 13.1 Å². The fourth-order valence-corrected chi connectivity index (χ4v) is 2.80. The van der Waals surface area contributed by atoms with E-state index < -0.39 is 36.3 Å². The van der Waals surface area contributed by atoms with Crippen LogP contribution < -0.4 is 16.0 Å². The lowest BCUT2D eigenvalue weighted by Crippen LogP contribution is -2.50. The van der Waals surface area contributed by atoms with Gasteiger partial charge < -0.3 is 26.2 Å². The maximum atomic E-state index is 12.0. The molecule has 0 bridgehead atoms. The van der Waals surface area contributed by atoms with Crippen molar-refractivity contribution in [1.82, 2.24) is 20.9 Å². The fourth-order valence-electron chi connectivity index (χ4n) is 2.14. The molecule has 0 unspecified atom stereocenters. The van der Waals surface area contributed by atoms with E-state index in [-0.39, 0.29) is 25.5 Å². The van der Waals surface area contributed by atoms with E-state index in [1.165, 1.54) is 11.3 Å². The van der Waals surface area contributed by atoms with Gasteiger partial charge >= 0.3 is 5.97 Å². The van der Waals surface area contributed by atoms with Crippen molar-refractivity contribution in [2.45, 2.75) is 39.3 Å². The molecule has 0 fully saturated rings. The van der Waals surface area contributed by atoms with Crippen LogP contribution in [0.25, 0.3) is 0 Å². The molecule has 0 radical (unpaired) electrons. The molecule has 0 aliphatic heterocycles. The van der Waals surface area contributed by atoms with Crippen LogP contribution in [-0.2, 0) is 32.2 Å². The molecule has 1 rings (SSSR count). The molecule has 0 saturated heterocycles. The molecule has 1 aromatic rings. The first kappa shape index (κ1) is 22.5. The van der Waals surface area contributed by atoms with E-state index >= 15 is 0 Å². The highest BCUT2D eigenvalue weighted by Crippen LogP contribution is 2.09. The highest BCUT2D eigenvalue weighted by molar-refractivity contribution is 7.09. The van der Waals surface area contributed by atoms with E-state index in [9.17, 15) is 19.2 Å². The van der Waals surface area contributed by atoms with Gasteiger partial charge in [0.2, 0.25) is 17.7 Å². The second-order valence-electron chi connectivity index (χ2n) is 6.21. The van der Waals surface area contributed by atoms with Crippen LogP contribution in [0.15, 0.2) is 5.38 Å². The number of carboxylic acids is 1. The molecule has 1 atom stereocenters. The molecular weight excluding hydrogens is 376 g/mol. The van der Waals surface area contributed by atoms with Gasteiger partial charge in [-0.2, -0.15) is 0 Å². The second kappa shape index (κ2) is 11.2. The van der Waals surface area contributed by atoms with Gasteiger partial charge in [0.25, 0.3) is 0 Å². The van der Waals surface area contributed by atoms with Crippen LogP contribution in [0, 0.1) is 5.92 Å². The van der Waals surface area contributed by atoms with E-state index in [1.54, 1.807) is 5.38 Å². The average Bonchev–Trinajstić information content (AvgIpc) is 3.04. The number of aliphatic hydroxyl groups excluding tert-OH is 1. The Hall–Kier alpha value is -2.53. The Morgan fingerprint density at radius 1 is 1.15 bits per heavy atom. The molecule has 1 aromatic heterocycles. The van der Waals surface area contributed by atoms with Crippen LogP contribution in [0.2, 0.25) is 0 Å². The van der Waals surface area contributed by atoms with Crippen molar-refractivity contribution in [3.63, 3.8) is 0 Å². The maximum Gasteiger partial charge on any atom is 0.322 e. The number of nitrogens with zero attached hydrogens (tertiary/aromatic N) is 1. The number of aliphatic carboxylic acids is 1. The summed E-state index contributed by atoms with van der Waals surface area (Å²) in [4.78, 5) is 50.5. The number of carboxylic acid groups (broad SMARTS) is 1. The van der Waals surface area contributed by atoms with Crippen molar-refractivity contribution in [2.24, 2.45) is 5.92 Å². The molecule has 0 spiro atoms. The fraction of sp³-hybridized carbons (Fsp3) is 0.562. The van der Waals surface area contributed by atoms with Crippen LogP contribution >= 0.6 is 11.3 Å². The minimum atomic E-state index is -1.18. The maximum absolute atomic E-state index is 12.0. The summed E-state index contributed by atoms with van der Waals surface area (Å²) in [6.07, 6.45) is 0.298. The third-order valence-electron chi connectivity index (χ3n) is 3.30. The van der Waals surface area contributed by atoms with Gasteiger partial charge in [0.1, 0.15) is 17.6 Å². The number of aromatic nitrogens is 1. The first-order valence-corrected chi connectivity index (χ1v) is 9.19. The summed E-state index contributed by atoms with van der Waals surface area (Å²) in [5, 5.41) is 26.9. The van der Waals surface area contributed by atoms with Crippen molar-refractivity contribution in [3.8, 4) is 0 Å². The predicted molar refractivity (Wildman–Crippen MR) is 96.8 cm³/mol. The Kier molecular flexibility index (Phi) is 9.37. The molecule has 150 valence electrons. The Morgan fingerprint density at radius 3 is 2.41 bits per heavy atom. The van der Waals surface area contributed by atoms with Crippen molar-refractivity contribution in [1.29, 1.82) is 0 Å². The average molecular weight is 400 g/mol. The third kappa shape index (κ3) is 9.11. The first-order chi connectivity index (χ1) is 12.7. The summed E-state index contributed by atoms with van der Waals surface area (Å²) in [5.74, 6) is -2.67. The van der Waals surface area contributed by atoms with Gasteiger partial charge in [-0.25, -0.2) is 4.98 Å². The minimum Gasteiger partial charge on any atom is -0.480 e. The van der Waals surface area contributed by atoms with Crippen LogP contribution in [0.5, 0.6) is 0 Å². The summed E-state index contributed by atoms with van der Waals surface area (Å²) in [6, 6.07) is -0.889. The predicted octanol–water partition coefficient (Wildman–Crippen LogP) is -0.974. The molecule has 0 aliphatic carbocycles. The van der Waals surface area contributed by atoms with Crippen LogP contribution in [0.4, 0.5) is 0 Å². The Bertz CT molecular complexity index is 676. The normalized spacial score (nSPS) is 11.7. The lowest BCUT2D eigenvalue weighted by atomic mass is 10.0. The molecule has 5 N–H and O–H groups in total. The van der Waals surface area contributed by atoms with Crippen LogP contribution in [0.3, 0.4) is 0 Å². The molecule has 0 aromatic carbocycles. The van der Waals surface area contributed by atoms with Gasteiger partial charge in [-0.15, -0.1) is 11.3 Å². The molecule has 1 heterocycles. The zero-order chi connectivity index (χ0) is 20.4. The van der Waals surface area contributed by atoms with Gasteiger partial charge in [-0.1, -0.05) is 13.8 Å². The summed E-state index contributed by atoms with van der Waals surface area (Å²) < 4.78 is 0. The molecule has 3 amide bonds. The highest BCUT2D eigenvalue weighted by atomic mass is 32.1. The van der Waals surface area contributed by atoms with Crippen molar-refractivity contribution in [3.05, 3.63) is 16.1 Å². The Balaban J connectivity index is 2.48. The number of thiazole rings is 1. The van der Waals surface area contributed by atoms with E-state index in [4.69, 9.17) is 10.2 Å². The van der Waals surface area contributed by atoms with E-state index in [2.05, 4.69) is 20.9 Å². The molecule has 0 aliphatic rings. The zero-order valence-corrected chi connectivity index (χ0v) is 16.0. The Labute approximate surface area is 160 Å². The SMILES string of the molecule is CC(C)C[C@H](NC(=O)CNC(=O)Cc1csc(CO)n1)C(=O)NCC(=O)O. The largest absolute Gasteiger partial charge is 0.480 e. The number of amides is 3. The minimum absolute atomic E-state index is 0.0295. The number of rotatable bonds is 11. The number of nitrogens with one attached hydrogen (secondary N) is 3. The number of carbonyl (C=O) groups is 4.